The molecule has 2 aromatic heterocycles. The minimum Gasteiger partial charge on any atom is -0.325 e. The fourth-order valence-electron chi connectivity index (χ4n) is 4.42. The van der Waals surface area contributed by atoms with Gasteiger partial charge in [-0.2, -0.15) is 0 Å². The second-order valence-corrected chi connectivity index (χ2v) is 8.58. The number of halogens is 3. The van der Waals surface area contributed by atoms with Crippen LogP contribution in [0.2, 0.25) is 5.02 Å². The van der Waals surface area contributed by atoms with E-state index in [9.17, 15) is 8.78 Å². The van der Waals surface area contributed by atoms with Crippen LogP contribution in [0.4, 0.5) is 20.3 Å². The Morgan fingerprint density at radius 3 is 2.62 bits per heavy atom. The van der Waals surface area contributed by atoms with E-state index < -0.39 is 11.6 Å². The third-order valence-electron chi connectivity index (χ3n) is 6.03. The lowest BCUT2D eigenvalue weighted by Gasteiger charge is -2.21. The summed E-state index contributed by atoms with van der Waals surface area (Å²) in [5.74, 6) is 0.0515. The highest BCUT2D eigenvalue weighted by atomic mass is 35.5. The molecule has 0 atom stereocenters. The average molecular weight is 471 g/mol. The van der Waals surface area contributed by atoms with E-state index in [1.54, 1.807) is 12.4 Å². The highest BCUT2D eigenvalue weighted by Gasteiger charge is 2.25. The van der Waals surface area contributed by atoms with Crippen molar-refractivity contribution in [2.75, 3.05) is 11.4 Å². The molecular formula is C27H17ClF2N4. The molecule has 5 aromatic rings. The Labute approximate surface area is 199 Å². The van der Waals surface area contributed by atoms with Gasteiger partial charge in [-0.15, -0.1) is 0 Å². The van der Waals surface area contributed by atoms with Crippen molar-refractivity contribution in [1.29, 1.82) is 0 Å². The van der Waals surface area contributed by atoms with Crippen molar-refractivity contribution in [1.82, 2.24) is 15.0 Å². The van der Waals surface area contributed by atoms with Crippen molar-refractivity contribution in [3.05, 3.63) is 101 Å². The lowest BCUT2D eigenvalue weighted by molar-refractivity contribution is 0.585. The van der Waals surface area contributed by atoms with E-state index in [2.05, 4.69) is 9.88 Å². The van der Waals surface area contributed by atoms with Gasteiger partial charge in [0.2, 0.25) is 0 Å². The SMILES string of the molecule is Fc1ccc(-c2ccc3c(N4CCc5cc(Cl)ccc54)nc(-c4cccnc4)nc3c2)c(F)c1. The topological polar surface area (TPSA) is 41.9 Å². The number of hydrogen-bond acceptors (Lipinski definition) is 4. The van der Waals surface area contributed by atoms with Crippen molar-refractivity contribution in [2.45, 2.75) is 6.42 Å². The Bertz CT molecular complexity index is 1560. The fraction of sp³-hybridized carbons (Fsp3) is 0.0741. The zero-order chi connectivity index (χ0) is 23.2. The van der Waals surface area contributed by atoms with Crippen molar-refractivity contribution >= 4 is 34.0 Å². The Hall–Kier alpha value is -3.90. The second kappa shape index (κ2) is 8.15. The van der Waals surface area contributed by atoms with E-state index >= 15 is 0 Å². The Balaban J connectivity index is 1.57. The Morgan fingerprint density at radius 2 is 1.79 bits per heavy atom. The van der Waals surface area contributed by atoms with Crippen LogP contribution in [0, 0.1) is 11.6 Å². The van der Waals surface area contributed by atoms with E-state index in [0.29, 0.717) is 27.5 Å². The lowest BCUT2D eigenvalue weighted by atomic mass is 10.0. The normalized spacial score (nSPS) is 12.9. The highest BCUT2D eigenvalue weighted by Crippen LogP contribution is 2.39. The number of anilines is 2. The summed E-state index contributed by atoms with van der Waals surface area (Å²) in [5.41, 5.74) is 4.57. The molecule has 0 saturated heterocycles. The largest absolute Gasteiger partial charge is 0.325 e. The number of pyridine rings is 1. The van der Waals surface area contributed by atoms with Crippen LogP contribution < -0.4 is 4.90 Å². The first kappa shape index (κ1) is 20.7. The van der Waals surface area contributed by atoms with Gasteiger partial charge in [-0.05, 0) is 72.1 Å². The van der Waals surface area contributed by atoms with Crippen LogP contribution in [0.15, 0.2) is 79.1 Å². The van der Waals surface area contributed by atoms with Gasteiger partial charge in [-0.25, -0.2) is 18.7 Å². The molecule has 1 aliphatic rings. The summed E-state index contributed by atoms with van der Waals surface area (Å²) >= 11 is 6.21. The van der Waals surface area contributed by atoms with Crippen molar-refractivity contribution < 1.29 is 8.78 Å². The summed E-state index contributed by atoms with van der Waals surface area (Å²) in [4.78, 5) is 16.1. The zero-order valence-electron chi connectivity index (χ0n) is 17.8. The zero-order valence-corrected chi connectivity index (χ0v) is 18.6. The molecule has 7 heteroatoms. The van der Waals surface area contributed by atoms with Gasteiger partial charge in [0.15, 0.2) is 5.82 Å². The summed E-state index contributed by atoms with van der Waals surface area (Å²) < 4.78 is 28.0. The van der Waals surface area contributed by atoms with Gasteiger partial charge in [0.05, 0.1) is 5.52 Å². The summed E-state index contributed by atoms with van der Waals surface area (Å²) in [6.45, 7) is 0.753. The molecule has 3 aromatic carbocycles. The van der Waals surface area contributed by atoms with Crippen LogP contribution in [-0.2, 0) is 6.42 Å². The van der Waals surface area contributed by atoms with Crippen molar-refractivity contribution in [3.8, 4) is 22.5 Å². The number of hydrogen-bond donors (Lipinski definition) is 0. The summed E-state index contributed by atoms with van der Waals surface area (Å²) in [5, 5.41) is 1.54. The highest BCUT2D eigenvalue weighted by molar-refractivity contribution is 6.30. The molecule has 0 fully saturated rings. The van der Waals surface area contributed by atoms with Gasteiger partial charge in [0.25, 0.3) is 0 Å². The van der Waals surface area contributed by atoms with E-state index in [-0.39, 0.29) is 0 Å². The van der Waals surface area contributed by atoms with Crippen molar-refractivity contribution in [2.24, 2.45) is 0 Å². The van der Waals surface area contributed by atoms with E-state index in [1.807, 2.05) is 48.5 Å². The second-order valence-electron chi connectivity index (χ2n) is 8.14. The number of nitrogens with zero attached hydrogens (tertiary/aromatic N) is 4. The molecule has 4 nitrogen and oxygen atoms in total. The first-order valence-electron chi connectivity index (χ1n) is 10.8. The van der Waals surface area contributed by atoms with Gasteiger partial charge in [-0.3, -0.25) is 4.98 Å². The standard InChI is InChI=1S/C27H17ClF2N4/c28-19-4-8-25-17(12-19)9-11-34(25)27-22-6-3-16(21-7-5-20(29)14-23(21)30)13-24(22)32-26(33-27)18-2-1-10-31-15-18/h1-8,10,12-15H,9,11H2. The molecule has 0 unspecified atom stereocenters. The molecule has 0 saturated carbocycles. The maximum Gasteiger partial charge on any atom is 0.163 e. The molecule has 0 bridgehead atoms. The molecule has 0 amide bonds. The van der Waals surface area contributed by atoms with E-state index in [4.69, 9.17) is 21.6 Å². The summed E-state index contributed by atoms with van der Waals surface area (Å²) in [6.07, 6.45) is 4.26. The first-order valence-corrected chi connectivity index (χ1v) is 11.2. The van der Waals surface area contributed by atoms with E-state index in [0.717, 1.165) is 47.1 Å². The Morgan fingerprint density at radius 1 is 0.882 bits per heavy atom. The summed E-state index contributed by atoms with van der Waals surface area (Å²) in [7, 11) is 0. The minimum atomic E-state index is -0.619. The van der Waals surface area contributed by atoms with Crippen LogP contribution >= 0.6 is 11.6 Å². The van der Waals surface area contributed by atoms with E-state index in [1.165, 1.54) is 12.1 Å². The molecule has 0 aliphatic carbocycles. The van der Waals surface area contributed by atoms with Crippen LogP contribution in [0.3, 0.4) is 0 Å². The van der Waals surface area contributed by atoms with Crippen molar-refractivity contribution in [3.63, 3.8) is 0 Å². The van der Waals surface area contributed by atoms with Gasteiger partial charge in [0, 0.05) is 52.2 Å². The smallest absolute Gasteiger partial charge is 0.163 e. The van der Waals surface area contributed by atoms with Gasteiger partial charge in [-0.1, -0.05) is 17.7 Å². The molecule has 1 aliphatic heterocycles. The lowest BCUT2D eigenvalue weighted by Crippen LogP contribution is -2.16. The van der Waals surface area contributed by atoms with Crippen LogP contribution in [0.1, 0.15) is 5.56 Å². The van der Waals surface area contributed by atoms with Crippen LogP contribution in [0.25, 0.3) is 33.4 Å². The third-order valence-corrected chi connectivity index (χ3v) is 6.27. The maximum atomic E-state index is 14.5. The predicted molar refractivity (Wildman–Crippen MR) is 130 cm³/mol. The molecule has 0 radical (unpaired) electrons. The molecule has 6 rings (SSSR count). The molecular weight excluding hydrogens is 454 g/mol. The van der Waals surface area contributed by atoms with Gasteiger partial charge < -0.3 is 4.90 Å². The number of benzene rings is 3. The Kier molecular flexibility index (Phi) is 4.96. The monoisotopic (exact) mass is 470 g/mol. The van der Waals surface area contributed by atoms with Crippen LogP contribution in [0.5, 0.6) is 0 Å². The molecule has 0 N–H and O–H groups in total. The molecule has 3 heterocycles. The maximum absolute atomic E-state index is 14.5. The number of aromatic nitrogens is 3. The average Bonchev–Trinajstić information content (AvgIpc) is 3.26. The molecule has 0 spiro atoms. The quantitative estimate of drug-likeness (QED) is 0.285. The fourth-order valence-corrected chi connectivity index (χ4v) is 4.62. The number of rotatable bonds is 3. The van der Waals surface area contributed by atoms with Crippen LogP contribution in [-0.4, -0.2) is 21.5 Å². The third kappa shape index (κ3) is 3.56. The van der Waals surface area contributed by atoms with Gasteiger partial charge in [0.1, 0.15) is 17.5 Å². The first-order chi connectivity index (χ1) is 16.6. The summed E-state index contributed by atoms with van der Waals surface area (Å²) in [6, 6.07) is 18.7. The van der Waals surface area contributed by atoms with Gasteiger partial charge >= 0.3 is 0 Å². The molecule has 34 heavy (non-hydrogen) atoms. The number of fused-ring (bicyclic) bond motifs is 2. The predicted octanol–water partition coefficient (Wildman–Crippen LogP) is 6.98. The molecule has 166 valence electrons. The minimum absolute atomic E-state index is 0.313.